The van der Waals surface area contributed by atoms with Crippen LogP contribution in [0.3, 0.4) is 0 Å². The van der Waals surface area contributed by atoms with Gasteiger partial charge in [-0.3, -0.25) is 9.89 Å². The third-order valence-corrected chi connectivity index (χ3v) is 4.04. The molecule has 2 aromatic heterocycles. The second kappa shape index (κ2) is 8.32. The molecule has 0 spiro atoms. The number of hydrogen-bond acceptors (Lipinski definition) is 5. The van der Waals surface area contributed by atoms with E-state index < -0.39 is 0 Å². The lowest BCUT2D eigenvalue weighted by Gasteiger charge is -2.23. The molecule has 1 aliphatic rings. The maximum absolute atomic E-state index is 13.0. The van der Waals surface area contributed by atoms with Gasteiger partial charge in [0.15, 0.2) is 5.69 Å². The van der Waals surface area contributed by atoms with Gasteiger partial charge in [-0.15, -0.1) is 12.4 Å². The summed E-state index contributed by atoms with van der Waals surface area (Å²) in [4.78, 5) is 16.8. The van der Waals surface area contributed by atoms with E-state index in [-0.39, 0.29) is 18.3 Å². The molecule has 0 saturated heterocycles. The second-order valence-corrected chi connectivity index (χ2v) is 6.07. The van der Waals surface area contributed by atoms with Crippen LogP contribution in [-0.2, 0) is 19.5 Å². The molecule has 2 N–H and O–H groups in total. The van der Waals surface area contributed by atoms with Crippen molar-refractivity contribution < 1.29 is 9.21 Å². The first-order valence-electron chi connectivity index (χ1n) is 7.88. The van der Waals surface area contributed by atoms with Crippen LogP contribution < -0.4 is 5.32 Å². The zero-order valence-corrected chi connectivity index (χ0v) is 14.9. The Labute approximate surface area is 147 Å². The number of aromatic amines is 1. The molecule has 1 amide bonds. The Kier molecular flexibility index (Phi) is 6.42. The number of nitrogens with one attached hydrogen (secondary N) is 2. The second-order valence-electron chi connectivity index (χ2n) is 6.07. The summed E-state index contributed by atoms with van der Waals surface area (Å²) in [6.07, 6.45) is 2.51. The molecule has 0 aliphatic carbocycles. The number of H-pyrrole nitrogens is 1. The Morgan fingerprint density at radius 3 is 2.92 bits per heavy atom. The van der Waals surface area contributed by atoms with Gasteiger partial charge in [0.2, 0.25) is 0 Å². The van der Waals surface area contributed by atoms with E-state index in [4.69, 9.17) is 4.42 Å². The van der Waals surface area contributed by atoms with Gasteiger partial charge in [-0.1, -0.05) is 0 Å². The van der Waals surface area contributed by atoms with Gasteiger partial charge in [-0.05, 0) is 26.2 Å². The Hall–Kier alpha value is -1.83. The quantitative estimate of drug-likeness (QED) is 0.818. The standard InChI is InChI=1S/C16H23N5O2.ClH/c1-20(2)7-8-21(11-12-4-3-9-23-12)16(22)15-13-10-17-6-5-14(13)18-19-15;/h3-4,9,17H,5-8,10-11H2,1-2H3,(H,18,19);1H. The van der Waals surface area contributed by atoms with E-state index in [2.05, 4.69) is 20.4 Å². The average Bonchev–Trinajstić information content (AvgIpc) is 3.20. The minimum Gasteiger partial charge on any atom is -0.467 e. The van der Waals surface area contributed by atoms with Crippen LogP contribution in [0.15, 0.2) is 22.8 Å². The van der Waals surface area contributed by atoms with Crippen molar-refractivity contribution in [1.82, 2.24) is 25.3 Å². The Morgan fingerprint density at radius 1 is 1.38 bits per heavy atom. The van der Waals surface area contributed by atoms with Crippen LogP contribution in [0.1, 0.15) is 27.5 Å². The highest BCUT2D eigenvalue weighted by Crippen LogP contribution is 2.18. The fraction of sp³-hybridized carbons (Fsp3) is 0.500. The molecule has 24 heavy (non-hydrogen) atoms. The van der Waals surface area contributed by atoms with E-state index in [9.17, 15) is 4.79 Å². The van der Waals surface area contributed by atoms with Crippen molar-refractivity contribution in [3.8, 4) is 0 Å². The molecular formula is C16H24ClN5O2. The highest BCUT2D eigenvalue weighted by atomic mass is 35.5. The summed E-state index contributed by atoms with van der Waals surface area (Å²) in [6, 6.07) is 3.72. The van der Waals surface area contributed by atoms with Gasteiger partial charge in [-0.2, -0.15) is 5.10 Å². The van der Waals surface area contributed by atoms with Crippen molar-refractivity contribution in [2.24, 2.45) is 0 Å². The van der Waals surface area contributed by atoms with Crippen molar-refractivity contribution in [3.05, 3.63) is 41.1 Å². The predicted molar refractivity (Wildman–Crippen MR) is 93.2 cm³/mol. The van der Waals surface area contributed by atoms with Gasteiger partial charge >= 0.3 is 0 Å². The van der Waals surface area contributed by atoms with Crippen molar-refractivity contribution in [1.29, 1.82) is 0 Å². The van der Waals surface area contributed by atoms with E-state index >= 15 is 0 Å². The number of nitrogens with zero attached hydrogens (tertiary/aromatic N) is 3. The van der Waals surface area contributed by atoms with Crippen molar-refractivity contribution >= 4 is 18.3 Å². The first kappa shape index (κ1) is 18.5. The number of furan rings is 1. The predicted octanol–water partition coefficient (Wildman–Crippen LogP) is 1.27. The van der Waals surface area contributed by atoms with E-state index in [1.54, 1.807) is 11.2 Å². The number of likely N-dealkylation sites (N-methyl/N-ethyl adjacent to an activating group) is 1. The lowest BCUT2D eigenvalue weighted by atomic mass is 10.1. The van der Waals surface area contributed by atoms with Crippen LogP contribution in [0.5, 0.6) is 0 Å². The van der Waals surface area contributed by atoms with Crippen LogP contribution in [0.2, 0.25) is 0 Å². The number of rotatable bonds is 6. The molecule has 0 bridgehead atoms. The van der Waals surface area contributed by atoms with Gasteiger partial charge < -0.3 is 19.5 Å². The summed E-state index contributed by atoms with van der Waals surface area (Å²) in [5.74, 6) is 0.726. The zero-order chi connectivity index (χ0) is 16.2. The fourth-order valence-electron chi connectivity index (χ4n) is 2.72. The molecule has 0 atom stereocenters. The SMILES string of the molecule is CN(C)CCN(Cc1ccco1)C(=O)c1n[nH]c2c1CNCC2.Cl. The minimum absolute atomic E-state index is 0. The number of hydrogen-bond donors (Lipinski definition) is 2. The maximum atomic E-state index is 13.0. The van der Waals surface area contributed by atoms with Crippen molar-refractivity contribution in [2.75, 3.05) is 33.7 Å². The van der Waals surface area contributed by atoms with Gasteiger partial charge in [0.25, 0.3) is 5.91 Å². The summed E-state index contributed by atoms with van der Waals surface area (Å²) in [6.45, 7) is 3.47. The van der Waals surface area contributed by atoms with Crippen molar-refractivity contribution in [2.45, 2.75) is 19.5 Å². The monoisotopic (exact) mass is 353 g/mol. The molecule has 3 heterocycles. The highest BCUT2D eigenvalue weighted by Gasteiger charge is 2.26. The number of carbonyl (C=O) groups is 1. The lowest BCUT2D eigenvalue weighted by molar-refractivity contribution is 0.0712. The molecule has 3 rings (SSSR count). The van der Waals surface area contributed by atoms with Crippen LogP contribution in [0, 0.1) is 0 Å². The Bertz CT molecular complexity index is 653. The molecule has 0 aromatic carbocycles. The molecule has 2 aromatic rings. The molecule has 8 heteroatoms. The van der Waals surface area contributed by atoms with E-state index in [0.717, 1.165) is 36.5 Å². The topological polar surface area (TPSA) is 77.4 Å². The Balaban J connectivity index is 0.00000208. The number of carbonyl (C=O) groups excluding carboxylic acids is 1. The van der Waals surface area contributed by atoms with Gasteiger partial charge in [0, 0.05) is 43.9 Å². The van der Waals surface area contributed by atoms with Crippen LogP contribution >= 0.6 is 12.4 Å². The molecule has 0 unspecified atom stereocenters. The van der Waals surface area contributed by atoms with Gasteiger partial charge in [-0.25, -0.2) is 0 Å². The average molecular weight is 354 g/mol. The number of halogens is 1. The largest absolute Gasteiger partial charge is 0.467 e. The third-order valence-electron chi connectivity index (χ3n) is 4.04. The molecule has 0 saturated carbocycles. The van der Waals surface area contributed by atoms with Crippen LogP contribution in [-0.4, -0.2) is 59.6 Å². The molecular weight excluding hydrogens is 330 g/mol. The highest BCUT2D eigenvalue weighted by molar-refractivity contribution is 5.94. The smallest absolute Gasteiger partial charge is 0.275 e. The van der Waals surface area contributed by atoms with E-state index in [1.165, 1.54) is 0 Å². The first-order valence-corrected chi connectivity index (χ1v) is 7.88. The maximum Gasteiger partial charge on any atom is 0.275 e. The minimum atomic E-state index is -0.0514. The lowest BCUT2D eigenvalue weighted by Crippen LogP contribution is -2.37. The summed E-state index contributed by atoms with van der Waals surface area (Å²) in [5.41, 5.74) is 2.59. The normalized spacial score (nSPS) is 13.5. The van der Waals surface area contributed by atoms with E-state index in [0.29, 0.717) is 25.3 Å². The number of fused-ring (bicyclic) bond motifs is 1. The molecule has 0 fully saturated rings. The molecule has 7 nitrogen and oxygen atoms in total. The summed E-state index contributed by atoms with van der Waals surface area (Å²) >= 11 is 0. The Morgan fingerprint density at radius 2 is 2.21 bits per heavy atom. The van der Waals surface area contributed by atoms with Crippen LogP contribution in [0.25, 0.3) is 0 Å². The van der Waals surface area contributed by atoms with Crippen molar-refractivity contribution in [3.63, 3.8) is 0 Å². The summed E-state index contributed by atoms with van der Waals surface area (Å²) in [7, 11) is 3.99. The van der Waals surface area contributed by atoms with Crippen LogP contribution in [0.4, 0.5) is 0 Å². The van der Waals surface area contributed by atoms with Gasteiger partial charge in [0.05, 0.1) is 12.8 Å². The molecule has 0 radical (unpaired) electrons. The first-order chi connectivity index (χ1) is 11.1. The molecule has 132 valence electrons. The summed E-state index contributed by atoms with van der Waals surface area (Å²) < 4.78 is 5.40. The fourth-order valence-corrected chi connectivity index (χ4v) is 2.72. The number of amides is 1. The number of aromatic nitrogens is 2. The summed E-state index contributed by atoms with van der Waals surface area (Å²) in [5, 5.41) is 10.6. The molecule has 1 aliphatic heterocycles. The zero-order valence-electron chi connectivity index (χ0n) is 14.0. The van der Waals surface area contributed by atoms with Gasteiger partial charge in [0.1, 0.15) is 5.76 Å². The van der Waals surface area contributed by atoms with E-state index in [1.807, 2.05) is 26.2 Å². The third kappa shape index (κ3) is 4.17.